The Bertz CT molecular complexity index is 219. The van der Waals surface area contributed by atoms with Gasteiger partial charge in [0, 0.05) is 6.42 Å². The summed E-state index contributed by atoms with van der Waals surface area (Å²) in [6, 6.07) is 0. The van der Waals surface area contributed by atoms with Gasteiger partial charge in [-0.3, -0.25) is 0 Å². The lowest BCUT2D eigenvalue weighted by molar-refractivity contribution is -0.262. The van der Waals surface area contributed by atoms with Crippen molar-refractivity contribution in [1.29, 1.82) is 0 Å². The van der Waals surface area contributed by atoms with E-state index in [1.165, 1.54) is 6.42 Å². The monoisotopic (exact) mass is 214 g/mol. The Morgan fingerprint density at radius 3 is 2.40 bits per heavy atom. The van der Waals surface area contributed by atoms with Crippen molar-refractivity contribution < 1.29 is 19.4 Å². The first-order valence-electron chi connectivity index (χ1n) is 5.65. The van der Waals surface area contributed by atoms with Crippen LogP contribution in [0, 0.1) is 5.92 Å². The Morgan fingerprint density at radius 2 is 1.80 bits per heavy atom. The van der Waals surface area contributed by atoms with Crippen molar-refractivity contribution >= 4 is 11.9 Å². The molecule has 1 aliphatic carbocycles. The highest BCUT2D eigenvalue weighted by Crippen LogP contribution is 2.24. The van der Waals surface area contributed by atoms with Gasteiger partial charge in [0.25, 0.3) is 0 Å². The van der Waals surface area contributed by atoms with Gasteiger partial charge in [-0.1, -0.05) is 26.2 Å². The van der Waals surface area contributed by atoms with E-state index in [0.29, 0.717) is 6.42 Å². The zero-order valence-electron chi connectivity index (χ0n) is 9.16. The minimum Gasteiger partial charge on any atom is -0.247 e. The van der Waals surface area contributed by atoms with E-state index in [9.17, 15) is 9.59 Å². The third-order valence-corrected chi connectivity index (χ3v) is 2.61. The lowest BCUT2D eigenvalue weighted by atomic mass is 9.89. The molecule has 1 aliphatic rings. The Kier molecular flexibility index (Phi) is 5.15. The van der Waals surface area contributed by atoms with E-state index in [2.05, 4.69) is 9.78 Å². The fraction of sp³-hybridized carbons (Fsp3) is 0.818. The highest BCUT2D eigenvalue weighted by atomic mass is 17.2. The summed E-state index contributed by atoms with van der Waals surface area (Å²) in [7, 11) is 0. The van der Waals surface area contributed by atoms with Crippen LogP contribution < -0.4 is 0 Å². The molecule has 0 heterocycles. The standard InChI is InChI=1S/C11H18O4/c1-2-6-10(12)14-15-11(13)9-7-4-3-5-8-9/h9H,2-8H2,1H3. The second kappa shape index (κ2) is 6.43. The van der Waals surface area contributed by atoms with Crippen molar-refractivity contribution in [1.82, 2.24) is 0 Å². The summed E-state index contributed by atoms with van der Waals surface area (Å²) in [6.07, 6.45) is 5.98. The molecule has 0 aromatic carbocycles. The van der Waals surface area contributed by atoms with Gasteiger partial charge in [-0.15, -0.1) is 0 Å². The molecule has 0 unspecified atom stereocenters. The molecule has 0 bridgehead atoms. The molecular weight excluding hydrogens is 196 g/mol. The van der Waals surface area contributed by atoms with Crippen LogP contribution in [-0.4, -0.2) is 11.9 Å². The molecule has 0 amide bonds. The molecule has 15 heavy (non-hydrogen) atoms. The van der Waals surface area contributed by atoms with Crippen LogP contribution in [0.3, 0.4) is 0 Å². The van der Waals surface area contributed by atoms with Crippen LogP contribution in [-0.2, 0) is 19.4 Å². The quantitative estimate of drug-likeness (QED) is 0.534. The predicted octanol–water partition coefficient (Wildman–Crippen LogP) is 2.37. The van der Waals surface area contributed by atoms with Gasteiger partial charge in [0.05, 0.1) is 5.92 Å². The molecule has 1 saturated carbocycles. The van der Waals surface area contributed by atoms with E-state index in [0.717, 1.165) is 25.7 Å². The Labute approximate surface area is 89.9 Å². The van der Waals surface area contributed by atoms with Crippen LogP contribution in [0.25, 0.3) is 0 Å². The molecule has 0 N–H and O–H groups in total. The molecule has 86 valence electrons. The Morgan fingerprint density at radius 1 is 1.13 bits per heavy atom. The van der Waals surface area contributed by atoms with E-state index >= 15 is 0 Å². The first-order chi connectivity index (χ1) is 7.24. The molecule has 1 fully saturated rings. The molecule has 4 heteroatoms. The van der Waals surface area contributed by atoms with Gasteiger partial charge >= 0.3 is 11.9 Å². The van der Waals surface area contributed by atoms with Crippen LogP contribution >= 0.6 is 0 Å². The summed E-state index contributed by atoms with van der Waals surface area (Å²) >= 11 is 0. The zero-order valence-corrected chi connectivity index (χ0v) is 9.16. The van der Waals surface area contributed by atoms with Gasteiger partial charge in [-0.05, 0) is 19.3 Å². The third-order valence-electron chi connectivity index (χ3n) is 2.61. The smallest absolute Gasteiger partial charge is 0.247 e. The minimum absolute atomic E-state index is 0.0758. The summed E-state index contributed by atoms with van der Waals surface area (Å²) in [5.41, 5.74) is 0. The lowest BCUT2D eigenvalue weighted by Gasteiger charge is -2.18. The molecule has 0 radical (unpaired) electrons. The highest BCUT2D eigenvalue weighted by molar-refractivity contribution is 5.74. The molecule has 0 aliphatic heterocycles. The maximum Gasteiger partial charge on any atom is 0.358 e. The molecule has 0 spiro atoms. The number of hydrogen-bond donors (Lipinski definition) is 0. The molecule has 1 rings (SSSR count). The maximum absolute atomic E-state index is 11.4. The highest BCUT2D eigenvalue weighted by Gasteiger charge is 2.24. The van der Waals surface area contributed by atoms with Gasteiger partial charge in [-0.2, -0.15) is 0 Å². The van der Waals surface area contributed by atoms with Gasteiger partial charge in [-0.25, -0.2) is 19.4 Å². The second-order valence-electron chi connectivity index (χ2n) is 3.94. The Balaban J connectivity index is 2.19. The van der Waals surface area contributed by atoms with Gasteiger partial charge in [0.15, 0.2) is 0 Å². The Hall–Kier alpha value is -1.06. The summed E-state index contributed by atoms with van der Waals surface area (Å²) < 4.78 is 0. The third kappa shape index (κ3) is 4.32. The summed E-state index contributed by atoms with van der Waals surface area (Å²) in [5.74, 6) is -0.936. The molecule has 0 saturated heterocycles. The van der Waals surface area contributed by atoms with Crippen LogP contribution in [0.5, 0.6) is 0 Å². The average molecular weight is 214 g/mol. The van der Waals surface area contributed by atoms with Crippen molar-refractivity contribution in [3.05, 3.63) is 0 Å². The van der Waals surface area contributed by atoms with Crippen molar-refractivity contribution in [2.24, 2.45) is 5.92 Å². The average Bonchev–Trinajstić information content (AvgIpc) is 2.27. The van der Waals surface area contributed by atoms with Crippen molar-refractivity contribution in [3.8, 4) is 0 Å². The number of hydrogen-bond acceptors (Lipinski definition) is 4. The van der Waals surface area contributed by atoms with E-state index < -0.39 is 5.97 Å². The van der Waals surface area contributed by atoms with Gasteiger partial charge < -0.3 is 0 Å². The fourth-order valence-corrected chi connectivity index (χ4v) is 1.74. The predicted molar refractivity (Wildman–Crippen MR) is 53.7 cm³/mol. The summed E-state index contributed by atoms with van der Waals surface area (Å²) in [6.45, 7) is 1.87. The van der Waals surface area contributed by atoms with Crippen molar-refractivity contribution in [2.45, 2.75) is 51.9 Å². The number of carbonyl (C=O) groups excluding carboxylic acids is 2. The molecule has 4 nitrogen and oxygen atoms in total. The topological polar surface area (TPSA) is 52.6 Å². The van der Waals surface area contributed by atoms with E-state index in [1.807, 2.05) is 6.92 Å². The van der Waals surface area contributed by atoms with Crippen LogP contribution in [0.15, 0.2) is 0 Å². The maximum atomic E-state index is 11.4. The fourth-order valence-electron chi connectivity index (χ4n) is 1.74. The van der Waals surface area contributed by atoms with Gasteiger partial charge in [0.2, 0.25) is 0 Å². The SMILES string of the molecule is CCCC(=O)OOC(=O)C1CCCCC1. The molecule has 0 atom stereocenters. The van der Waals surface area contributed by atoms with Crippen LogP contribution in [0.4, 0.5) is 0 Å². The molecular formula is C11H18O4. The number of rotatable bonds is 3. The normalized spacial score (nSPS) is 17.1. The first kappa shape index (κ1) is 12.0. The van der Waals surface area contributed by atoms with Crippen molar-refractivity contribution in [3.63, 3.8) is 0 Å². The second-order valence-corrected chi connectivity index (χ2v) is 3.94. The first-order valence-corrected chi connectivity index (χ1v) is 5.65. The largest absolute Gasteiger partial charge is 0.358 e. The van der Waals surface area contributed by atoms with Crippen LogP contribution in [0.2, 0.25) is 0 Å². The zero-order chi connectivity index (χ0) is 11.1. The van der Waals surface area contributed by atoms with Crippen LogP contribution in [0.1, 0.15) is 51.9 Å². The lowest BCUT2D eigenvalue weighted by Crippen LogP contribution is -2.21. The minimum atomic E-state index is -0.471. The van der Waals surface area contributed by atoms with Gasteiger partial charge in [0.1, 0.15) is 0 Å². The number of carbonyl (C=O) groups is 2. The molecule has 0 aromatic rings. The molecule has 0 aromatic heterocycles. The summed E-state index contributed by atoms with van der Waals surface area (Å²) in [4.78, 5) is 31.3. The van der Waals surface area contributed by atoms with Crippen molar-refractivity contribution in [2.75, 3.05) is 0 Å². The van der Waals surface area contributed by atoms with E-state index in [4.69, 9.17) is 0 Å². The van der Waals surface area contributed by atoms with E-state index in [-0.39, 0.29) is 18.3 Å². The van der Waals surface area contributed by atoms with E-state index in [1.54, 1.807) is 0 Å². The summed E-state index contributed by atoms with van der Waals surface area (Å²) in [5, 5.41) is 0.